The normalized spacial score (nSPS) is 16.2. The fraction of sp³-hybridized carbons (Fsp3) is 0.444. The van der Waals surface area contributed by atoms with Gasteiger partial charge in [0.05, 0.1) is 0 Å². The van der Waals surface area contributed by atoms with Crippen LogP contribution in [0.2, 0.25) is 0 Å². The van der Waals surface area contributed by atoms with Gasteiger partial charge in [-0.2, -0.15) is 13.2 Å². The van der Waals surface area contributed by atoms with Gasteiger partial charge in [0.25, 0.3) is 0 Å². The van der Waals surface area contributed by atoms with E-state index >= 15 is 0 Å². The minimum absolute atomic E-state index is 0.166. The van der Waals surface area contributed by atoms with Crippen molar-refractivity contribution in [2.75, 3.05) is 37.6 Å². The van der Waals surface area contributed by atoms with Crippen molar-refractivity contribution in [3.8, 4) is 0 Å². The van der Waals surface area contributed by atoms with Gasteiger partial charge in [0.15, 0.2) is 0 Å². The van der Waals surface area contributed by atoms with Crippen molar-refractivity contribution in [1.82, 2.24) is 14.9 Å². The van der Waals surface area contributed by atoms with Gasteiger partial charge in [-0.25, -0.2) is 9.97 Å². The van der Waals surface area contributed by atoms with Gasteiger partial charge in [0.1, 0.15) is 5.69 Å². The molecule has 4 nitrogen and oxygen atoms in total. The molecule has 1 aromatic heterocycles. The van der Waals surface area contributed by atoms with E-state index in [2.05, 4.69) is 27.0 Å². The molecule has 1 aromatic carbocycles. The highest BCUT2D eigenvalue weighted by molar-refractivity contribution is 5.31. The number of aromatic nitrogens is 2. The first-order chi connectivity index (χ1) is 12.0. The number of benzene rings is 1. The number of piperazine rings is 1. The second-order valence-electron chi connectivity index (χ2n) is 6.16. The molecule has 0 N–H and O–H groups in total. The molecule has 0 spiro atoms. The second kappa shape index (κ2) is 7.82. The fourth-order valence-corrected chi connectivity index (χ4v) is 2.98. The van der Waals surface area contributed by atoms with Crippen molar-refractivity contribution in [1.29, 1.82) is 0 Å². The molecule has 1 fully saturated rings. The molecule has 0 radical (unpaired) electrons. The molecule has 25 heavy (non-hydrogen) atoms. The Labute approximate surface area is 145 Å². The van der Waals surface area contributed by atoms with Crippen LogP contribution in [-0.2, 0) is 12.6 Å². The quantitative estimate of drug-likeness (QED) is 0.829. The predicted octanol–water partition coefficient (Wildman–Crippen LogP) is 3.25. The smallest absolute Gasteiger partial charge is 0.338 e. The summed E-state index contributed by atoms with van der Waals surface area (Å²) in [6.07, 6.45) is -1.14. The van der Waals surface area contributed by atoms with Crippen molar-refractivity contribution in [3.05, 3.63) is 53.9 Å². The summed E-state index contributed by atoms with van der Waals surface area (Å²) in [5.41, 5.74) is 0.446. The molecule has 134 valence electrons. The van der Waals surface area contributed by atoms with E-state index in [1.165, 1.54) is 11.8 Å². The molecule has 0 unspecified atom stereocenters. The molecule has 3 rings (SSSR count). The molecule has 0 atom stereocenters. The number of halogens is 3. The average molecular weight is 350 g/mol. The molecule has 7 heteroatoms. The second-order valence-corrected chi connectivity index (χ2v) is 6.16. The summed E-state index contributed by atoms with van der Waals surface area (Å²) in [5.74, 6) is 0.166. The summed E-state index contributed by atoms with van der Waals surface area (Å²) >= 11 is 0. The third-order valence-electron chi connectivity index (χ3n) is 4.37. The monoisotopic (exact) mass is 350 g/mol. The first-order valence-electron chi connectivity index (χ1n) is 8.44. The number of rotatable bonds is 5. The lowest BCUT2D eigenvalue weighted by atomic mass is 10.1. The van der Waals surface area contributed by atoms with E-state index < -0.39 is 11.9 Å². The number of hydrogen-bond acceptors (Lipinski definition) is 4. The molecule has 0 amide bonds. The lowest BCUT2D eigenvalue weighted by Crippen LogP contribution is -2.47. The maximum absolute atomic E-state index is 12.8. The standard InChI is InChI=1S/C18H21F3N4/c19-18(20,21)16-8-9-22-17(23-16)25-13-11-24(12-14-25)10-4-7-15-5-2-1-3-6-15/h1-3,5-6,8-9H,4,7,10-14H2. The Morgan fingerprint density at radius 2 is 1.68 bits per heavy atom. The summed E-state index contributed by atoms with van der Waals surface area (Å²) < 4.78 is 38.3. The predicted molar refractivity (Wildman–Crippen MR) is 90.5 cm³/mol. The van der Waals surface area contributed by atoms with Crippen LogP contribution in [0.3, 0.4) is 0 Å². The van der Waals surface area contributed by atoms with Crippen LogP contribution in [0, 0.1) is 0 Å². The van der Waals surface area contributed by atoms with E-state index in [0.29, 0.717) is 13.1 Å². The van der Waals surface area contributed by atoms with Crippen LogP contribution in [0.1, 0.15) is 17.7 Å². The van der Waals surface area contributed by atoms with E-state index in [4.69, 9.17) is 0 Å². The van der Waals surface area contributed by atoms with Crippen LogP contribution < -0.4 is 4.90 Å². The minimum atomic E-state index is -4.43. The molecule has 1 aliphatic rings. The zero-order valence-corrected chi connectivity index (χ0v) is 13.9. The van der Waals surface area contributed by atoms with Gasteiger partial charge in [0.2, 0.25) is 5.95 Å². The van der Waals surface area contributed by atoms with Crippen LogP contribution >= 0.6 is 0 Å². The summed E-state index contributed by atoms with van der Waals surface area (Å²) in [6, 6.07) is 11.3. The number of hydrogen-bond donors (Lipinski definition) is 0. The van der Waals surface area contributed by atoms with Gasteiger partial charge in [0, 0.05) is 32.4 Å². The van der Waals surface area contributed by atoms with Crippen LogP contribution in [-0.4, -0.2) is 47.6 Å². The van der Waals surface area contributed by atoms with Crippen molar-refractivity contribution in [2.24, 2.45) is 0 Å². The third-order valence-corrected chi connectivity index (χ3v) is 4.37. The highest BCUT2D eigenvalue weighted by atomic mass is 19.4. The molecule has 0 aliphatic carbocycles. The third kappa shape index (κ3) is 4.92. The summed E-state index contributed by atoms with van der Waals surface area (Å²) in [5, 5.41) is 0. The minimum Gasteiger partial charge on any atom is -0.338 e. The molecular weight excluding hydrogens is 329 g/mol. The molecule has 2 aromatic rings. The highest BCUT2D eigenvalue weighted by Crippen LogP contribution is 2.28. The lowest BCUT2D eigenvalue weighted by molar-refractivity contribution is -0.141. The number of aryl methyl sites for hydroxylation is 1. The average Bonchev–Trinajstić information content (AvgIpc) is 2.63. The van der Waals surface area contributed by atoms with Crippen molar-refractivity contribution < 1.29 is 13.2 Å². The van der Waals surface area contributed by atoms with Crippen molar-refractivity contribution >= 4 is 5.95 Å². The van der Waals surface area contributed by atoms with E-state index in [9.17, 15) is 13.2 Å². The van der Waals surface area contributed by atoms with Crippen LogP contribution in [0.4, 0.5) is 19.1 Å². The maximum atomic E-state index is 12.8. The number of nitrogens with zero attached hydrogens (tertiary/aromatic N) is 4. The van der Waals surface area contributed by atoms with Crippen LogP contribution in [0.15, 0.2) is 42.6 Å². The topological polar surface area (TPSA) is 32.3 Å². The Balaban J connectivity index is 1.47. The Bertz CT molecular complexity index is 668. The largest absolute Gasteiger partial charge is 0.433 e. The zero-order chi connectivity index (χ0) is 17.7. The van der Waals surface area contributed by atoms with E-state index in [-0.39, 0.29) is 5.95 Å². The molecule has 2 heterocycles. The van der Waals surface area contributed by atoms with E-state index in [1.807, 2.05) is 23.1 Å². The van der Waals surface area contributed by atoms with Gasteiger partial charge in [-0.15, -0.1) is 0 Å². The Kier molecular flexibility index (Phi) is 5.53. The number of alkyl halides is 3. The van der Waals surface area contributed by atoms with Gasteiger partial charge in [-0.3, -0.25) is 4.90 Å². The lowest BCUT2D eigenvalue weighted by Gasteiger charge is -2.34. The first-order valence-corrected chi connectivity index (χ1v) is 8.44. The van der Waals surface area contributed by atoms with E-state index in [1.54, 1.807) is 0 Å². The Hall–Kier alpha value is -2.15. The van der Waals surface area contributed by atoms with E-state index in [0.717, 1.165) is 38.5 Å². The SMILES string of the molecule is FC(F)(F)c1ccnc(N2CCN(CCCc3ccccc3)CC2)n1. The van der Waals surface area contributed by atoms with Crippen LogP contribution in [0.25, 0.3) is 0 Å². The van der Waals surface area contributed by atoms with Gasteiger partial charge in [-0.1, -0.05) is 30.3 Å². The summed E-state index contributed by atoms with van der Waals surface area (Å²) in [4.78, 5) is 11.8. The Morgan fingerprint density at radius 1 is 0.960 bits per heavy atom. The zero-order valence-electron chi connectivity index (χ0n) is 13.9. The maximum Gasteiger partial charge on any atom is 0.433 e. The first kappa shape index (κ1) is 17.7. The molecule has 1 aliphatic heterocycles. The Morgan fingerprint density at radius 3 is 2.36 bits per heavy atom. The van der Waals surface area contributed by atoms with Crippen molar-refractivity contribution in [3.63, 3.8) is 0 Å². The van der Waals surface area contributed by atoms with Gasteiger partial charge >= 0.3 is 6.18 Å². The summed E-state index contributed by atoms with van der Waals surface area (Å²) in [7, 11) is 0. The highest BCUT2D eigenvalue weighted by Gasteiger charge is 2.33. The number of anilines is 1. The molecule has 1 saturated heterocycles. The molecule has 0 saturated carbocycles. The van der Waals surface area contributed by atoms with Gasteiger partial charge in [-0.05, 0) is 31.0 Å². The fourth-order valence-electron chi connectivity index (χ4n) is 2.98. The molecule has 0 bridgehead atoms. The van der Waals surface area contributed by atoms with Crippen LogP contribution in [0.5, 0.6) is 0 Å². The van der Waals surface area contributed by atoms with Gasteiger partial charge < -0.3 is 4.90 Å². The summed E-state index contributed by atoms with van der Waals surface area (Å²) in [6.45, 7) is 3.91. The molecular formula is C18H21F3N4. The van der Waals surface area contributed by atoms with Crippen molar-refractivity contribution in [2.45, 2.75) is 19.0 Å².